The van der Waals surface area contributed by atoms with Gasteiger partial charge in [0.15, 0.2) is 16.6 Å². The van der Waals surface area contributed by atoms with Crippen LogP contribution in [0.2, 0.25) is 0 Å². The Kier molecular flexibility index (Phi) is 7.19. The molecule has 0 saturated heterocycles. The fraction of sp³-hybridized carbons (Fsp3) is 0.240. The van der Waals surface area contributed by atoms with Crippen LogP contribution in [-0.2, 0) is 11.3 Å². The van der Waals surface area contributed by atoms with Crippen LogP contribution in [0.15, 0.2) is 55.1 Å². The SMILES string of the molecule is Cc1cc(C)c2sc(N(CCCn3ccnc3)C(=O)/C=C/c3ccc4c(c3)OCO4)nc2c1.Cl. The quantitative estimate of drug-likeness (QED) is 0.320. The molecule has 2 aromatic carbocycles. The summed E-state index contributed by atoms with van der Waals surface area (Å²) in [6.45, 7) is 5.71. The zero-order valence-corrected chi connectivity index (χ0v) is 20.6. The number of halogens is 1. The average molecular weight is 497 g/mol. The Balaban J connectivity index is 0.00000274. The number of amides is 1. The summed E-state index contributed by atoms with van der Waals surface area (Å²) in [5, 5.41) is 0.713. The number of thiazole rings is 1. The van der Waals surface area contributed by atoms with E-state index in [0.717, 1.165) is 40.1 Å². The van der Waals surface area contributed by atoms with Crippen LogP contribution >= 0.6 is 23.7 Å². The minimum absolute atomic E-state index is 0. The van der Waals surface area contributed by atoms with Gasteiger partial charge >= 0.3 is 0 Å². The Morgan fingerprint density at radius 1 is 1.21 bits per heavy atom. The highest BCUT2D eigenvalue weighted by Crippen LogP contribution is 2.34. The number of rotatable bonds is 7. The van der Waals surface area contributed by atoms with Crippen molar-refractivity contribution in [3.63, 3.8) is 0 Å². The smallest absolute Gasteiger partial charge is 0.252 e. The number of aryl methyl sites for hydroxylation is 3. The zero-order valence-electron chi connectivity index (χ0n) is 18.9. The molecule has 7 nitrogen and oxygen atoms in total. The lowest BCUT2D eigenvalue weighted by Gasteiger charge is -2.18. The number of fused-ring (bicyclic) bond motifs is 2. The molecule has 0 atom stereocenters. The molecule has 0 saturated carbocycles. The molecule has 34 heavy (non-hydrogen) atoms. The number of ether oxygens (including phenoxy) is 2. The van der Waals surface area contributed by atoms with Crippen LogP contribution in [-0.4, -0.2) is 33.8 Å². The fourth-order valence-corrected chi connectivity index (χ4v) is 4.93. The molecule has 0 fully saturated rings. The number of aromatic nitrogens is 3. The minimum atomic E-state index is -0.105. The van der Waals surface area contributed by atoms with Gasteiger partial charge in [0.05, 0.1) is 16.5 Å². The number of nitrogens with zero attached hydrogens (tertiary/aromatic N) is 4. The van der Waals surface area contributed by atoms with Crippen LogP contribution in [0.25, 0.3) is 16.3 Å². The summed E-state index contributed by atoms with van der Waals surface area (Å²) in [5.74, 6) is 1.31. The van der Waals surface area contributed by atoms with Crippen LogP contribution in [0.5, 0.6) is 11.5 Å². The Morgan fingerprint density at radius 2 is 2.06 bits per heavy atom. The van der Waals surface area contributed by atoms with E-state index in [1.54, 1.807) is 40.9 Å². The second-order valence-electron chi connectivity index (χ2n) is 8.02. The average Bonchev–Trinajstić information content (AvgIpc) is 3.55. The summed E-state index contributed by atoms with van der Waals surface area (Å²) < 4.78 is 13.9. The number of hydrogen-bond acceptors (Lipinski definition) is 6. The molecule has 9 heteroatoms. The van der Waals surface area contributed by atoms with Crippen molar-refractivity contribution in [2.75, 3.05) is 18.2 Å². The first-order chi connectivity index (χ1) is 16.1. The Labute approximate surface area is 208 Å². The van der Waals surface area contributed by atoms with Crippen molar-refractivity contribution in [1.82, 2.24) is 14.5 Å². The van der Waals surface area contributed by atoms with E-state index in [1.807, 2.05) is 29.0 Å². The van der Waals surface area contributed by atoms with Crippen LogP contribution in [0.4, 0.5) is 5.13 Å². The number of carbonyl (C=O) groups is 1. The Morgan fingerprint density at radius 3 is 2.88 bits per heavy atom. The number of carbonyl (C=O) groups excluding carboxylic acids is 1. The second kappa shape index (κ2) is 10.3. The predicted molar refractivity (Wildman–Crippen MR) is 137 cm³/mol. The minimum Gasteiger partial charge on any atom is -0.454 e. The van der Waals surface area contributed by atoms with Gasteiger partial charge in [-0.1, -0.05) is 23.5 Å². The third kappa shape index (κ3) is 5.08. The van der Waals surface area contributed by atoms with Crippen LogP contribution in [0, 0.1) is 13.8 Å². The van der Waals surface area contributed by atoms with Gasteiger partial charge in [-0.15, -0.1) is 12.4 Å². The summed E-state index contributed by atoms with van der Waals surface area (Å²) in [6, 6.07) is 9.85. The van der Waals surface area contributed by atoms with E-state index >= 15 is 0 Å². The first kappa shape index (κ1) is 23.8. The van der Waals surface area contributed by atoms with Crippen molar-refractivity contribution < 1.29 is 14.3 Å². The monoisotopic (exact) mass is 496 g/mol. The lowest BCUT2D eigenvalue weighted by molar-refractivity contribution is -0.114. The van der Waals surface area contributed by atoms with Gasteiger partial charge in [0.2, 0.25) is 6.79 Å². The lowest BCUT2D eigenvalue weighted by atomic mass is 10.1. The molecule has 176 valence electrons. The summed E-state index contributed by atoms with van der Waals surface area (Å²) in [6.07, 6.45) is 9.66. The number of anilines is 1. The van der Waals surface area contributed by atoms with Gasteiger partial charge in [0.1, 0.15) is 0 Å². The number of benzene rings is 2. The van der Waals surface area contributed by atoms with Crippen molar-refractivity contribution >= 4 is 51.1 Å². The van der Waals surface area contributed by atoms with E-state index in [2.05, 4.69) is 31.0 Å². The van der Waals surface area contributed by atoms with Crippen molar-refractivity contribution in [3.8, 4) is 11.5 Å². The first-order valence-electron chi connectivity index (χ1n) is 10.8. The second-order valence-corrected chi connectivity index (χ2v) is 8.99. The van der Waals surface area contributed by atoms with E-state index in [0.29, 0.717) is 17.4 Å². The molecule has 1 amide bonds. The molecular formula is C25H25ClN4O3S. The van der Waals surface area contributed by atoms with Gasteiger partial charge in [-0.25, -0.2) is 9.97 Å². The first-order valence-corrected chi connectivity index (χ1v) is 11.6. The van der Waals surface area contributed by atoms with Gasteiger partial charge in [0.25, 0.3) is 5.91 Å². The predicted octanol–water partition coefficient (Wildman–Crippen LogP) is 5.40. The van der Waals surface area contributed by atoms with Crippen molar-refractivity contribution in [1.29, 1.82) is 0 Å². The lowest BCUT2D eigenvalue weighted by Crippen LogP contribution is -2.30. The van der Waals surface area contributed by atoms with Gasteiger partial charge in [-0.2, -0.15) is 0 Å². The molecule has 0 aliphatic carbocycles. The van der Waals surface area contributed by atoms with Gasteiger partial charge < -0.3 is 14.0 Å². The van der Waals surface area contributed by atoms with Crippen molar-refractivity contribution in [2.24, 2.45) is 0 Å². The van der Waals surface area contributed by atoms with E-state index < -0.39 is 0 Å². The topological polar surface area (TPSA) is 69.5 Å². The van der Waals surface area contributed by atoms with Crippen molar-refractivity contribution in [3.05, 3.63) is 71.8 Å². The fourth-order valence-electron chi connectivity index (χ4n) is 3.89. The van der Waals surface area contributed by atoms with Gasteiger partial charge in [0, 0.05) is 31.6 Å². The van der Waals surface area contributed by atoms with E-state index in [1.165, 1.54) is 5.56 Å². The molecule has 1 aliphatic rings. The third-order valence-corrected chi connectivity index (χ3v) is 6.71. The van der Waals surface area contributed by atoms with Gasteiger partial charge in [-0.05, 0) is 61.2 Å². The Bertz CT molecular complexity index is 1330. The molecule has 0 N–H and O–H groups in total. The normalized spacial score (nSPS) is 12.3. The number of hydrogen-bond donors (Lipinski definition) is 0. The van der Waals surface area contributed by atoms with Crippen molar-refractivity contribution in [2.45, 2.75) is 26.8 Å². The molecule has 2 aromatic heterocycles. The maximum absolute atomic E-state index is 13.3. The molecule has 0 unspecified atom stereocenters. The van der Waals surface area contributed by atoms with E-state index in [-0.39, 0.29) is 25.1 Å². The maximum Gasteiger partial charge on any atom is 0.252 e. The molecule has 0 bridgehead atoms. The molecule has 4 aromatic rings. The highest BCUT2D eigenvalue weighted by atomic mass is 35.5. The molecule has 5 rings (SSSR count). The van der Waals surface area contributed by atoms with Crippen LogP contribution in [0.3, 0.4) is 0 Å². The van der Waals surface area contributed by atoms with E-state index in [9.17, 15) is 4.79 Å². The Hall–Kier alpha value is -3.36. The molecule has 1 aliphatic heterocycles. The van der Waals surface area contributed by atoms with E-state index in [4.69, 9.17) is 14.5 Å². The number of imidazole rings is 1. The molecule has 0 spiro atoms. The highest BCUT2D eigenvalue weighted by molar-refractivity contribution is 7.22. The third-order valence-electron chi connectivity index (χ3n) is 5.48. The molecule has 0 radical (unpaired) electrons. The summed E-state index contributed by atoms with van der Waals surface area (Å²) >= 11 is 1.56. The molecule has 3 heterocycles. The zero-order chi connectivity index (χ0) is 22.8. The standard InChI is InChI=1S/C25H24N4O3S.ClH/c1-17-12-18(2)24-20(13-17)27-25(33-24)29(10-3-9-28-11-8-26-15-28)23(30)7-5-19-4-6-21-22(14-19)32-16-31-21;/h4-8,11-15H,3,9-10,16H2,1-2H3;1H/b7-5+;. The van der Waals surface area contributed by atoms with Crippen LogP contribution in [0.1, 0.15) is 23.1 Å². The largest absolute Gasteiger partial charge is 0.454 e. The van der Waals surface area contributed by atoms with Gasteiger partial charge in [-0.3, -0.25) is 9.69 Å². The maximum atomic E-state index is 13.3. The summed E-state index contributed by atoms with van der Waals surface area (Å²) in [5.41, 5.74) is 4.15. The molecular weight excluding hydrogens is 472 g/mol. The summed E-state index contributed by atoms with van der Waals surface area (Å²) in [7, 11) is 0. The highest BCUT2D eigenvalue weighted by Gasteiger charge is 2.19. The summed E-state index contributed by atoms with van der Waals surface area (Å²) in [4.78, 5) is 24.0. The van der Waals surface area contributed by atoms with Crippen LogP contribution < -0.4 is 14.4 Å².